The molecule has 0 aliphatic rings. The highest BCUT2D eigenvalue weighted by atomic mass is 31.2. The Balaban J connectivity index is 1.94. The predicted molar refractivity (Wildman–Crippen MR) is 93.6 cm³/mol. The first kappa shape index (κ1) is 19.4. The van der Waals surface area contributed by atoms with Gasteiger partial charge < -0.3 is 20.1 Å². The highest BCUT2D eigenvalue weighted by Gasteiger charge is 2.24. The van der Waals surface area contributed by atoms with Crippen LogP contribution in [0, 0.1) is 0 Å². The molecule has 1 unspecified atom stereocenters. The van der Waals surface area contributed by atoms with E-state index in [1.807, 2.05) is 48.5 Å². The number of benzene rings is 2. The van der Waals surface area contributed by atoms with Crippen molar-refractivity contribution >= 4 is 7.82 Å². The predicted octanol–water partition coefficient (Wildman–Crippen LogP) is 2.61. The molecular weight excluding hydrogens is 345 g/mol. The van der Waals surface area contributed by atoms with Gasteiger partial charge in [0.05, 0.1) is 13.2 Å². The minimum atomic E-state index is -4.18. The summed E-state index contributed by atoms with van der Waals surface area (Å²) < 4.78 is 32.9. The first-order valence-electron chi connectivity index (χ1n) is 7.80. The monoisotopic (exact) mass is 367 g/mol. The number of hydrogen-bond donors (Lipinski definition) is 2. The van der Waals surface area contributed by atoms with Crippen LogP contribution in [0.2, 0.25) is 0 Å². The van der Waals surface area contributed by atoms with Crippen molar-refractivity contribution in [3.63, 3.8) is 0 Å². The first-order valence-corrected chi connectivity index (χ1v) is 9.30. The second-order valence-corrected chi connectivity index (χ2v) is 6.52. The van der Waals surface area contributed by atoms with Gasteiger partial charge in [0.2, 0.25) is 0 Å². The molecule has 2 aromatic carbocycles. The Bertz CT molecular complexity index is 655. The van der Waals surface area contributed by atoms with E-state index < -0.39 is 13.9 Å². The number of phosphoric ester groups is 1. The number of hydrogen-bond acceptors (Lipinski definition) is 6. The Labute approximate surface area is 146 Å². The number of phosphoric acid groups is 1. The van der Waals surface area contributed by atoms with Gasteiger partial charge in [0, 0.05) is 6.54 Å². The summed E-state index contributed by atoms with van der Waals surface area (Å²) >= 11 is 0. The molecule has 0 spiro atoms. The lowest BCUT2D eigenvalue weighted by molar-refractivity contribution is 0.0587. The molecule has 0 aliphatic heterocycles. The largest absolute Gasteiger partial charge is 0.490 e. The average molecular weight is 367 g/mol. The maximum Gasteiger partial charge on any atom is 0.472 e. The fourth-order valence-electron chi connectivity index (χ4n) is 1.90. The van der Waals surface area contributed by atoms with E-state index in [2.05, 4.69) is 0 Å². The SMILES string of the molecule is NCCOP(=O)(O)OC[C@@H](COc1ccccc1)Oc1ccccc1. The van der Waals surface area contributed by atoms with Gasteiger partial charge in [0.25, 0.3) is 0 Å². The summed E-state index contributed by atoms with van der Waals surface area (Å²) in [6.45, 7) is 0.00332. The quantitative estimate of drug-likeness (QED) is 0.589. The third-order valence-corrected chi connectivity index (χ3v) is 4.01. The molecule has 2 rings (SSSR count). The lowest BCUT2D eigenvalue weighted by Gasteiger charge is -2.21. The molecule has 0 fully saturated rings. The summed E-state index contributed by atoms with van der Waals surface area (Å²) in [7, 11) is -4.18. The zero-order valence-electron chi connectivity index (χ0n) is 13.7. The van der Waals surface area contributed by atoms with Gasteiger partial charge in [-0.15, -0.1) is 0 Å². The van der Waals surface area contributed by atoms with Crippen molar-refractivity contribution in [2.24, 2.45) is 5.73 Å². The van der Waals surface area contributed by atoms with Crippen molar-refractivity contribution in [3.05, 3.63) is 60.7 Å². The number of nitrogens with two attached hydrogens (primary N) is 1. The van der Waals surface area contributed by atoms with Crippen molar-refractivity contribution in [2.75, 3.05) is 26.4 Å². The highest BCUT2D eigenvalue weighted by Crippen LogP contribution is 2.43. The second kappa shape index (κ2) is 10.2. The lowest BCUT2D eigenvalue weighted by atomic mass is 10.3. The summed E-state index contributed by atoms with van der Waals surface area (Å²) in [6, 6.07) is 18.3. The molecule has 2 aromatic rings. The highest BCUT2D eigenvalue weighted by molar-refractivity contribution is 7.47. The van der Waals surface area contributed by atoms with Crippen molar-refractivity contribution in [3.8, 4) is 11.5 Å². The van der Waals surface area contributed by atoms with Gasteiger partial charge >= 0.3 is 7.82 Å². The zero-order valence-corrected chi connectivity index (χ0v) is 14.6. The van der Waals surface area contributed by atoms with Gasteiger partial charge in [-0.2, -0.15) is 0 Å². The van der Waals surface area contributed by atoms with Crippen LogP contribution in [0.3, 0.4) is 0 Å². The third-order valence-electron chi connectivity index (χ3n) is 3.02. The van der Waals surface area contributed by atoms with Crippen LogP contribution in [-0.4, -0.2) is 37.4 Å². The Kier molecular flexibility index (Phi) is 7.91. The van der Waals surface area contributed by atoms with Gasteiger partial charge in [-0.25, -0.2) is 4.57 Å². The molecule has 3 N–H and O–H groups in total. The van der Waals surface area contributed by atoms with E-state index in [0.29, 0.717) is 11.5 Å². The summed E-state index contributed by atoms with van der Waals surface area (Å²) in [5.74, 6) is 1.26. The van der Waals surface area contributed by atoms with E-state index in [0.717, 1.165) is 0 Å². The normalized spacial score (nSPS) is 14.5. The fraction of sp³-hybridized carbons (Fsp3) is 0.294. The molecule has 136 valence electrons. The van der Waals surface area contributed by atoms with Crippen LogP contribution in [0.25, 0.3) is 0 Å². The maximum atomic E-state index is 11.8. The molecule has 0 aromatic heterocycles. The summed E-state index contributed by atoms with van der Waals surface area (Å²) in [6.07, 6.45) is -0.607. The Morgan fingerprint density at radius 2 is 1.52 bits per heavy atom. The van der Waals surface area contributed by atoms with Crippen LogP contribution >= 0.6 is 7.82 Å². The van der Waals surface area contributed by atoms with E-state index in [4.69, 9.17) is 24.3 Å². The smallest absolute Gasteiger partial charge is 0.472 e. The molecule has 0 saturated carbocycles. The van der Waals surface area contributed by atoms with E-state index in [9.17, 15) is 9.46 Å². The molecule has 25 heavy (non-hydrogen) atoms. The van der Waals surface area contributed by atoms with Gasteiger partial charge in [0.15, 0.2) is 6.10 Å². The van der Waals surface area contributed by atoms with E-state index >= 15 is 0 Å². The molecule has 0 heterocycles. The van der Waals surface area contributed by atoms with Crippen molar-refractivity contribution in [2.45, 2.75) is 6.10 Å². The van der Waals surface area contributed by atoms with Gasteiger partial charge in [-0.05, 0) is 24.3 Å². The molecule has 0 saturated heterocycles. The third kappa shape index (κ3) is 7.69. The van der Waals surface area contributed by atoms with Gasteiger partial charge in [0.1, 0.15) is 18.1 Å². The van der Waals surface area contributed by atoms with Gasteiger partial charge in [-0.3, -0.25) is 9.05 Å². The number of rotatable bonds is 11. The Morgan fingerprint density at radius 3 is 2.12 bits per heavy atom. The van der Waals surface area contributed by atoms with Crippen LogP contribution in [0.4, 0.5) is 0 Å². The fourth-order valence-corrected chi connectivity index (χ4v) is 2.66. The van der Waals surface area contributed by atoms with Gasteiger partial charge in [-0.1, -0.05) is 36.4 Å². The molecule has 0 radical (unpaired) electrons. The van der Waals surface area contributed by atoms with Crippen molar-refractivity contribution in [1.82, 2.24) is 0 Å². The van der Waals surface area contributed by atoms with Crippen LogP contribution in [0.15, 0.2) is 60.7 Å². The van der Waals surface area contributed by atoms with Crippen LogP contribution in [0.1, 0.15) is 0 Å². The molecular formula is C17H22NO6P. The molecule has 2 atom stereocenters. The van der Waals surface area contributed by atoms with E-state index in [1.165, 1.54) is 0 Å². The average Bonchev–Trinajstić information content (AvgIpc) is 2.64. The van der Waals surface area contributed by atoms with Crippen LogP contribution in [-0.2, 0) is 13.6 Å². The van der Waals surface area contributed by atoms with Crippen molar-refractivity contribution < 1.29 is 28.0 Å². The summed E-state index contributed by atoms with van der Waals surface area (Å²) in [5.41, 5.74) is 5.25. The maximum absolute atomic E-state index is 11.8. The molecule has 0 aliphatic carbocycles. The Morgan fingerprint density at radius 1 is 0.920 bits per heavy atom. The first-order chi connectivity index (χ1) is 12.1. The topological polar surface area (TPSA) is 100 Å². The molecule has 8 heteroatoms. The minimum absolute atomic E-state index is 0.0709. The Hall–Kier alpha value is -1.89. The standard InChI is InChI=1S/C17H22NO6P/c18-11-12-22-25(19,20)23-14-17(24-16-9-5-2-6-10-16)13-21-15-7-3-1-4-8-15/h1-10,17H,11-14,18H2,(H,19,20)/t17-/m1/s1. The minimum Gasteiger partial charge on any atom is -0.490 e. The summed E-state index contributed by atoms with van der Waals surface area (Å²) in [5, 5.41) is 0. The number of ether oxygens (including phenoxy) is 2. The van der Waals surface area contributed by atoms with Crippen LogP contribution < -0.4 is 15.2 Å². The molecule has 0 bridgehead atoms. The molecule has 0 amide bonds. The van der Waals surface area contributed by atoms with Crippen molar-refractivity contribution in [1.29, 1.82) is 0 Å². The second-order valence-electron chi connectivity index (χ2n) is 5.06. The lowest BCUT2D eigenvalue weighted by Crippen LogP contribution is -2.30. The van der Waals surface area contributed by atoms with E-state index in [1.54, 1.807) is 12.1 Å². The van der Waals surface area contributed by atoms with Crippen LogP contribution in [0.5, 0.6) is 11.5 Å². The summed E-state index contributed by atoms with van der Waals surface area (Å²) in [4.78, 5) is 9.60. The number of para-hydroxylation sites is 2. The van der Waals surface area contributed by atoms with E-state index in [-0.39, 0.29) is 26.4 Å². The zero-order chi connectivity index (χ0) is 18.0. The molecule has 7 nitrogen and oxygen atoms in total.